The van der Waals surface area contributed by atoms with Crippen LogP contribution in [0.3, 0.4) is 0 Å². The van der Waals surface area contributed by atoms with Crippen LogP contribution >= 0.6 is 0 Å². The van der Waals surface area contributed by atoms with Crippen molar-refractivity contribution < 1.29 is 34.0 Å². The van der Waals surface area contributed by atoms with Crippen molar-refractivity contribution in [2.24, 2.45) is 0 Å². The lowest BCUT2D eigenvalue weighted by atomic mass is 9.99. The van der Waals surface area contributed by atoms with E-state index in [0.29, 0.717) is 6.61 Å². The predicted octanol–water partition coefficient (Wildman–Crippen LogP) is 2.93. The number of hydrogen-bond acceptors (Lipinski definition) is 1. The van der Waals surface area contributed by atoms with E-state index in [9.17, 15) is 0 Å². The molecule has 0 aliphatic rings. The van der Waals surface area contributed by atoms with Gasteiger partial charge in [-0.2, -0.15) is 0 Å². The van der Waals surface area contributed by atoms with Gasteiger partial charge < -0.3 is 34.0 Å². The Morgan fingerprint density at radius 3 is 1.44 bits per heavy atom. The predicted molar refractivity (Wildman–Crippen MR) is 117 cm³/mol. The SMILES string of the molecule is CCCCCC[NH+](CCCCCC)C(CCCCC)CCCCCCO.[I-]. The normalized spacial score (nSPS) is 12.3. The Morgan fingerprint density at radius 1 is 0.556 bits per heavy atom. The van der Waals surface area contributed by atoms with Gasteiger partial charge in [-0.1, -0.05) is 72.1 Å². The minimum atomic E-state index is 0. The van der Waals surface area contributed by atoms with Crippen LogP contribution in [0.5, 0.6) is 0 Å². The molecule has 0 heterocycles. The van der Waals surface area contributed by atoms with Crippen LogP contribution in [-0.4, -0.2) is 30.8 Å². The first-order valence-electron chi connectivity index (χ1n) is 12.2. The van der Waals surface area contributed by atoms with Gasteiger partial charge in [-0.05, 0) is 57.8 Å². The number of aliphatic hydroxyl groups is 1. The maximum atomic E-state index is 8.98. The van der Waals surface area contributed by atoms with Gasteiger partial charge in [-0.3, -0.25) is 0 Å². The zero-order chi connectivity index (χ0) is 19.3. The summed E-state index contributed by atoms with van der Waals surface area (Å²) in [6, 6.07) is 0.888. The quantitative estimate of drug-likeness (QED) is 0.185. The molecule has 0 fully saturated rings. The summed E-state index contributed by atoms with van der Waals surface area (Å²) >= 11 is 0. The molecule has 0 bridgehead atoms. The molecule has 2 nitrogen and oxygen atoms in total. The molecule has 0 amide bonds. The highest BCUT2D eigenvalue weighted by Crippen LogP contribution is 2.11. The Balaban J connectivity index is 0. The summed E-state index contributed by atoms with van der Waals surface area (Å²) in [7, 11) is 0. The van der Waals surface area contributed by atoms with Crippen molar-refractivity contribution >= 4 is 0 Å². The molecular weight excluding hydrogens is 445 g/mol. The third kappa shape index (κ3) is 19.7. The number of unbranched alkanes of at least 4 members (excludes halogenated alkanes) is 11. The van der Waals surface area contributed by atoms with Gasteiger partial charge in [0.15, 0.2) is 0 Å². The maximum Gasteiger partial charge on any atom is 0.0874 e. The highest BCUT2D eigenvalue weighted by atomic mass is 127. The second-order valence-corrected chi connectivity index (χ2v) is 8.40. The largest absolute Gasteiger partial charge is 1.00 e. The lowest BCUT2D eigenvalue weighted by molar-refractivity contribution is -0.926. The van der Waals surface area contributed by atoms with Crippen molar-refractivity contribution in [3.63, 3.8) is 0 Å². The molecule has 0 spiro atoms. The first-order chi connectivity index (χ1) is 12.8. The number of aliphatic hydroxyl groups excluding tert-OH is 1. The molecule has 0 aromatic heterocycles. The molecule has 166 valence electrons. The zero-order valence-corrected chi connectivity index (χ0v) is 21.2. The smallest absolute Gasteiger partial charge is 0.0874 e. The molecule has 0 rings (SSSR count). The molecule has 1 unspecified atom stereocenters. The summed E-state index contributed by atoms with van der Waals surface area (Å²) < 4.78 is 0. The lowest BCUT2D eigenvalue weighted by Crippen LogP contribution is -3.15. The summed E-state index contributed by atoms with van der Waals surface area (Å²) in [6.45, 7) is 10.1. The van der Waals surface area contributed by atoms with E-state index >= 15 is 0 Å². The van der Waals surface area contributed by atoms with E-state index in [4.69, 9.17) is 5.11 Å². The van der Waals surface area contributed by atoms with Gasteiger partial charge >= 0.3 is 0 Å². The van der Waals surface area contributed by atoms with Crippen molar-refractivity contribution in [1.29, 1.82) is 0 Å². The van der Waals surface area contributed by atoms with Crippen LogP contribution in [0.4, 0.5) is 0 Å². The molecule has 0 aliphatic heterocycles. The summed E-state index contributed by atoms with van der Waals surface area (Å²) in [6.07, 6.45) is 23.1. The van der Waals surface area contributed by atoms with Crippen LogP contribution in [0.2, 0.25) is 0 Å². The second-order valence-electron chi connectivity index (χ2n) is 8.40. The minimum Gasteiger partial charge on any atom is -1.00 e. The van der Waals surface area contributed by atoms with Gasteiger partial charge in [-0.25, -0.2) is 0 Å². The molecule has 0 aromatic rings. The van der Waals surface area contributed by atoms with Crippen LogP contribution in [0.25, 0.3) is 0 Å². The van der Waals surface area contributed by atoms with E-state index in [1.807, 2.05) is 4.90 Å². The van der Waals surface area contributed by atoms with E-state index in [0.717, 1.165) is 12.5 Å². The Hall–Kier alpha value is 0.650. The highest BCUT2D eigenvalue weighted by Gasteiger charge is 2.21. The summed E-state index contributed by atoms with van der Waals surface area (Å²) in [4.78, 5) is 1.93. The molecular formula is C24H52INO. The molecule has 3 heteroatoms. The molecule has 1 atom stereocenters. The van der Waals surface area contributed by atoms with Gasteiger partial charge in [0.2, 0.25) is 0 Å². The van der Waals surface area contributed by atoms with Crippen LogP contribution < -0.4 is 28.9 Å². The van der Waals surface area contributed by atoms with E-state index in [1.165, 1.54) is 116 Å². The van der Waals surface area contributed by atoms with Crippen molar-refractivity contribution in [1.82, 2.24) is 0 Å². The minimum absolute atomic E-state index is 0. The Morgan fingerprint density at radius 2 is 0.963 bits per heavy atom. The van der Waals surface area contributed by atoms with Crippen LogP contribution in [0.1, 0.15) is 130 Å². The summed E-state index contributed by atoms with van der Waals surface area (Å²) in [5.74, 6) is 0. The molecule has 0 aromatic carbocycles. The summed E-state index contributed by atoms with van der Waals surface area (Å²) in [5, 5.41) is 8.98. The molecule has 0 saturated heterocycles. The van der Waals surface area contributed by atoms with E-state index < -0.39 is 0 Å². The van der Waals surface area contributed by atoms with E-state index in [-0.39, 0.29) is 24.0 Å². The lowest BCUT2D eigenvalue weighted by Gasteiger charge is -2.29. The van der Waals surface area contributed by atoms with Gasteiger partial charge in [0.1, 0.15) is 0 Å². The number of hydrogen-bond donors (Lipinski definition) is 2. The van der Waals surface area contributed by atoms with E-state index in [2.05, 4.69) is 20.8 Å². The molecule has 2 N–H and O–H groups in total. The maximum absolute atomic E-state index is 8.98. The Bertz CT molecular complexity index is 251. The number of rotatable bonds is 21. The number of quaternary nitrogens is 1. The average Bonchev–Trinajstić information content (AvgIpc) is 2.65. The zero-order valence-electron chi connectivity index (χ0n) is 19.0. The van der Waals surface area contributed by atoms with Crippen LogP contribution in [0, 0.1) is 0 Å². The van der Waals surface area contributed by atoms with Crippen molar-refractivity contribution in [3.05, 3.63) is 0 Å². The Labute approximate surface area is 189 Å². The average molecular weight is 498 g/mol. The fourth-order valence-electron chi connectivity index (χ4n) is 4.14. The van der Waals surface area contributed by atoms with Crippen molar-refractivity contribution in [3.8, 4) is 0 Å². The highest BCUT2D eigenvalue weighted by molar-refractivity contribution is 4.59. The van der Waals surface area contributed by atoms with Crippen LogP contribution in [0.15, 0.2) is 0 Å². The third-order valence-electron chi connectivity index (χ3n) is 5.90. The van der Waals surface area contributed by atoms with E-state index in [1.54, 1.807) is 0 Å². The number of nitrogens with one attached hydrogen (secondary N) is 1. The fourth-order valence-corrected chi connectivity index (χ4v) is 4.14. The van der Waals surface area contributed by atoms with Gasteiger partial charge in [0.05, 0.1) is 19.1 Å². The standard InChI is InChI=1S/C24H51NO.HI/c1-4-7-10-16-21-25(22-17-11-8-5-2)24(19-14-9-6-3)20-15-12-13-18-23-26;/h24,26H,4-23H2,1-3H3;1H. The van der Waals surface area contributed by atoms with Gasteiger partial charge in [0.25, 0.3) is 0 Å². The molecule has 27 heavy (non-hydrogen) atoms. The van der Waals surface area contributed by atoms with Gasteiger partial charge in [0, 0.05) is 6.61 Å². The second kappa shape index (κ2) is 24.7. The topological polar surface area (TPSA) is 24.7 Å². The monoisotopic (exact) mass is 497 g/mol. The van der Waals surface area contributed by atoms with Crippen molar-refractivity contribution in [2.75, 3.05) is 19.7 Å². The summed E-state index contributed by atoms with van der Waals surface area (Å²) in [5.41, 5.74) is 0. The van der Waals surface area contributed by atoms with Gasteiger partial charge in [-0.15, -0.1) is 0 Å². The number of halogens is 1. The molecule has 0 aliphatic carbocycles. The molecule has 0 saturated carbocycles. The van der Waals surface area contributed by atoms with Crippen molar-refractivity contribution in [2.45, 2.75) is 136 Å². The Kier molecular flexibility index (Phi) is 27.3. The first-order valence-corrected chi connectivity index (χ1v) is 12.2. The third-order valence-corrected chi connectivity index (χ3v) is 5.90. The molecule has 0 radical (unpaired) electrons. The fraction of sp³-hybridized carbons (Fsp3) is 1.00. The first kappa shape index (κ1) is 29.8. The van der Waals surface area contributed by atoms with Crippen LogP contribution in [-0.2, 0) is 0 Å².